The van der Waals surface area contributed by atoms with Crippen molar-refractivity contribution in [3.05, 3.63) is 0 Å². The van der Waals surface area contributed by atoms with Gasteiger partial charge in [0.05, 0.1) is 6.54 Å². The standard InChI is InChI=1S/C11H20N2O/c1-2-11(5-6-11)8-12-7-10(14)13-9-3-4-9/h9,12H,2-8H2,1H3,(H,13,14). The van der Waals surface area contributed by atoms with Crippen LogP contribution in [0, 0.1) is 5.41 Å². The third kappa shape index (κ3) is 2.71. The fourth-order valence-corrected chi connectivity index (χ4v) is 1.78. The maximum atomic E-state index is 11.3. The molecule has 0 spiro atoms. The highest BCUT2D eigenvalue weighted by Crippen LogP contribution is 2.47. The number of carbonyl (C=O) groups excluding carboxylic acids is 1. The molecule has 2 fully saturated rings. The minimum atomic E-state index is 0.166. The molecule has 3 heteroatoms. The molecule has 0 aromatic rings. The van der Waals surface area contributed by atoms with Gasteiger partial charge < -0.3 is 10.6 Å². The largest absolute Gasteiger partial charge is 0.352 e. The summed E-state index contributed by atoms with van der Waals surface area (Å²) < 4.78 is 0. The Morgan fingerprint density at radius 3 is 2.64 bits per heavy atom. The lowest BCUT2D eigenvalue weighted by molar-refractivity contribution is -0.120. The van der Waals surface area contributed by atoms with Gasteiger partial charge in [0.25, 0.3) is 0 Å². The first-order valence-electron chi connectivity index (χ1n) is 5.74. The van der Waals surface area contributed by atoms with Crippen LogP contribution in [0.25, 0.3) is 0 Å². The van der Waals surface area contributed by atoms with Crippen LogP contribution in [0.4, 0.5) is 0 Å². The molecule has 1 amide bonds. The summed E-state index contributed by atoms with van der Waals surface area (Å²) in [6.07, 6.45) is 6.25. The molecule has 2 saturated carbocycles. The van der Waals surface area contributed by atoms with Crippen molar-refractivity contribution in [3.8, 4) is 0 Å². The molecule has 2 aliphatic carbocycles. The molecule has 2 N–H and O–H groups in total. The Hall–Kier alpha value is -0.570. The van der Waals surface area contributed by atoms with Gasteiger partial charge in [0, 0.05) is 12.6 Å². The van der Waals surface area contributed by atoms with Crippen molar-refractivity contribution in [1.29, 1.82) is 0 Å². The molecule has 3 nitrogen and oxygen atoms in total. The van der Waals surface area contributed by atoms with E-state index in [4.69, 9.17) is 0 Å². The summed E-state index contributed by atoms with van der Waals surface area (Å²) in [6.45, 7) is 3.75. The van der Waals surface area contributed by atoms with Gasteiger partial charge in [0.15, 0.2) is 0 Å². The highest BCUT2D eigenvalue weighted by Gasteiger charge is 2.40. The van der Waals surface area contributed by atoms with Gasteiger partial charge in [0.2, 0.25) is 5.91 Å². The Morgan fingerprint density at radius 2 is 2.14 bits per heavy atom. The van der Waals surface area contributed by atoms with E-state index in [2.05, 4.69) is 17.6 Å². The van der Waals surface area contributed by atoms with Gasteiger partial charge in [-0.2, -0.15) is 0 Å². The van der Waals surface area contributed by atoms with E-state index >= 15 is 0 Å². The Kier molecular flexibility index (Phi) is 2.77. The molecule has 2 aliphatic rings. The normalized spacial score (nSPS) is 23.2. The molecule has 80 valence electrons. The SMILES string of the molecule is CCC1(CNCC(=O)NC2CC2)CC1. The van der Waals surface area contributed by atoms with Gasteiger partial charge in [-0.25, -0.2) is 0 Å². The molecule has 0 heterocycles. The number of rotatable bonds is 6. The molecule has 0 saturated heterocycles. The molecule has 14 heavy (non-hydrogen) atoms. The van der Waals surface area contributed by atoms with Crippen LogP contribution in [0.15, 0.2) is 0 Å². The van der Waals surface area contributed by atoms with Crippen molar-refractivity contribution in [3.63, 3.8) is 0 Å². The summed E-state index contributed by atoms with van der Waals surface area (Å²) in [6, 6.07) is 0.491. The lowest BCUT2D eigenvalue weighted by Gasteiger charge is -2.12. The Labute approximate surface area is 85.6 Å². The monoisotopic (exact) mass is 196 g/mol. The van der Waals surface area contributed by atoms with Crippen LogP contribution >= 0.6 is 0 Å². The lowest BCUT2D eigenvalue weighted by Crippen LogP contribution is -2.37. The second kappa shape index (κ2) is 3.89. The predicted octanol–water partition coefficient (Wildman–Crippen LogP) is 1.04. The number of hydrogen-bond acceptors (Lipinski definition) is 2. The Bertz CT molecular complexity index is 219. The molecule has 0 radical (unpaired) electrons. The zero-order valence-electron chi connectivity index (χ0n) is 8.94. The highest BCUT2D eigenvalue weighted by atomic mass is 16.2. The summed E-state index contributed by atoms with van der Waals surface area (Å²) in [7, 11) is 0. The van der Waals surface area contributed by atoms with Crippen molar-refractivity contribution in [1.82, 2.24) is 10.6 Å². The average molecular weight is 196 g/mol. The van der Waals surface area contributed by atoms with Crippen LogP contribution in [0.2, 0.25) is 0 Å². The summed E-state index contributed by atoms with van der Waals surface area (Å²) in [5, 5.41) is 6.24. The van der Waals surface area contributed by atoms with Crippen LogP contribution in [-0.2, 0) is 4.79 Å². The fourth-order valence-electron chi connectivity index (χ4n) is 1.78. The number of nitrogens with one attached hydrogen (secondary N) is 2. The van der Waals surface area contributed by atoms with Gasteiger partial charge in [-0.05, 0) is 37.5 Å². The first-order valence-corrected chi connectivity index (χ1v) is 5.74. The van der Waals surface area contributed by atoms with E-state index in [1.807, 2.05) is 0 Å². The Morgan fingerprint density at radius 1 is 1.43 bits per heavy atom. The molecule has 0 unspecified atom stereocenters. The molecule has 2 rings (SSSR count). The van der Waals surface area contributed by atoms with Gasteiger partial charge in [0.1, 0.15) is 0 Å². The fraction of sp³-hybridized carbons (Fsp3) is 0.909. The first kappa shape index (κ1) is 9.97. The minimum absolute atomic E-state index is 0.166. The zero-order valence-corrected chi connectivity index (χ0v) is 8.94. The number of carbonyl (C=O) groups is 1. The van der Waals surface area contributed by atoms with Crippen LogP contribution in [0.3, 0.4) is 0 Å². The van der Waals surface area contributed by atoms with Crippen LogP contribution in [0.5, 0.6) is 0 Å². The van der Waals surface area contributed by atoms with Crippen molar-refractivity contribution in [2.45, 2.75) is 45.1 Å². The van der Waals surface area contributed by atoms with Crippen LogP contribution < -0.4 is 10.6 Å². The topological polar surface area (TPSA) is 41.1 Å². The maximum absolute atomic E-state index is 11.3. The van der Waals surface area contributed by atoms with Crippen molar-refractivity contribution < 1.29 is 4.79 Å². The van der Waals surface area contributed by atoms with Crippen molar-refractivity contribution >= 4 is 5.91 Å². The highest BCUT2D eigenvalue weighted by molar-refractivity contribution is 5.78. The Balaban J connectivity index is 1.55. The lowest BCUT2D eigenvalue weighted by atomic mass is 10.0. The maximum Gasteiger partial charge on any atom is 0.234 e. The number of hydrogen-bond donors (Lipinski definition) is 2. The summed E-state index contributed by atoms with van der Waals surface area (Å²) in [4.78, 5) is 11.3. The summed E-state index contributed by atoms with van der Waals surface area (Å²) >= 11 is 0. The van der Waals surface area contributed by atoms with Crippen LogP contribution in [-0.4, -0.2) is 25.0 Å². The molecule has 0 bridgehead atoms. The van der Waals surface area contributed by atoms with Crippen molar-refractivity contribution in [2.75, 3.05) is 13.1 Å². The second-order valence-electron chi connectivity index (χ2n) is 4.80. The van der Waals surface area contributed by atoms with E-state index in [0.717, 1.165) is 6.54 Å². The third-order valence-electron chi connectivity index (χ3n) is 3.44. The summed E-state index contributed by atoms with van der Waals surface area (Å²) in [5.74, 6) is 0.166. The van der Waals surface area contributed by atoms with E-state index in [0.29, 0.717) is 18.0 Å². The molecule has 0 aromatic carbocycles. The van der Waals surface area contributed by atoms with Gasteiger partial charge in [-0.1, -0.05) is 6.92 Å². The van der Waals surface area contributed by atoms with E-state index in [-0.39, 0.29) is 5.91 Å². The smallest absolute Gasteiger partial charge is 0.234 e. The van der Waals surface area contributed by atoms with E-state index < -0.39 is 0 Å². The third-order valence-corrected chi connectivity index (χ3v) is 3.44. The van der Waals surface area contributed by atoms with E-state index in [9.17, 15) is 4.79 Å². The molecular formula is C11H20N2O. The van der Waals surface area contributed by atoms with Crippen LogP contribution in [0.1, 0.15) is 39.0 Å². The van der Waals surface area contributed by atoms with Gasteiger partial charge in [-0.15, -0.1) is 0 Å². The van der Waals surface area contributed by atoms with Gasteiger partial charge in [-0.3, -0.25) is 4.79 Å². The quantitative estimate of drug-likeness (QED) is 0.666. The van der Waals surface area contributed by atoms with E-state index in [1.54, 1.807) is 0 Å². The van der Waals surface area contributed by atoms with Gasteiger partial charge >= 0.3 is 0 Å². The second-order valence-corrected chi connectivity index (χ2v) is 4.80. The molecule has 0 atom stereocenters. The molecule has 0 aromatic heterocycles. The van der Waals surface area contributed by atoms with Crippen molar-refractivity contribution in [2.24, 2.45) is 5.41 Å². The predicted molar refractivity (Wildman–Crippen MR) is 56.0 cm³/mol. The summed E-state index contributed by atoms with van der Waals surface area (Å²) in [5.41, 5.74) is 0.542. The first-order chi connectivity index (χ1) is 6.74. The minimum Gasteiger partial charge on any atom is -0.352 e. The average Bonchev–Trinajstić information content (AvgIpc) is 3.00. The number of amides is 1. The molecule has 0 aliphatic heterocycles. The molecular weight excluding hydrogens is 176 g/mol. The van der Waals surface area contributed by atoms with E-state index in [1.165, 1.54) is 32.1 Å². The zero-order chi connectivity index (χ0) is 10.0.